The van der Waals surface area contributed by atoms with Crippen LogP contribution < -0.4 is 0 Å². The molecule has 0 aromatic heterocycles. The van der Waals surface area contributed by atoms with Crippen LogP contribution in [-0.2, 0) is 57.1 Å². The summed E-state index contributed by atoms with van der Waals surface area (Å²) in [7, 11) is 1.26. The van der Waals surface area contributed by atoms with Crippen molar-refractivity contribution in [3.05, 3.63) is 23.1 Å². The lowest BCUT2D eigenvalue weighted by molar-refractivity contribution is -0.345. The third-order valence-corrected chi connectivity index (χ3v) is 9.32. The van der Waals surface area contributed by atoms with Gasteiger partial charge < -0.3 is 58.7 Å². The topological polar surface area (TPSA) is 287 Å². The van der Waals surface area contributed by atoms with Gasteiger partial charge in [-0.2, -0.15) is 4.99 Å². The van der Waals surface area contributed by atoms with Crippen LogP contribution in [0, 0.1) is 11.3 Å². The van der Waals surface area contributed by atoms with E-state index in [0.29, 0.717) is 0 Å². The molecule has 11 atom stereocenters. The number of aliphatic hydroxyl groups excluding tert-OH is 2. The van der Waals surface area contributed by atoms with Crippen LogP contribution in [0.3, 0.4) is 0 Å². The third-order valence-electron chi connectivity index (χ3n) is 9.23. The summed E-state index contributed by atoms with van der Waals surface area (Å²) in [6, 6.07) is 0. The normalized spacial score (nSPS) is 34.2. The Morgan fingerprint density at radius 2 is 1.81 bits per heavy atom. The number of Topliss-reactive ketones (excluding diaryl/α,β-unsaturated/α-hetero) is 1. The van der Waals surface area contributed by atoms with E-state index < -0.39 is 132 Å². The summed E-state index contributed by atoms with van der Waals surface area (Å²) in [6.07, 6.45) is -15.0. The fourth-order valence-corrected chi connectivity index (χ4v) is 6.41. The number of aliphatic hydroxyl groups is 4. The van der Waals surface area contributed by atoms with Gasteiger partial charge in [-0.3, -0.25) is 19.8 Å². The number of carbonyl (C=O) groups is 5. The first-order chi connectivity index (χ1) is 24.7. The maximum Gasteiger partial charge on any atom is 0.357 e. The average Bonchev–Trinajstić information content (AvgIpc) is 3.08. The molecule has 3 aliphatic rings. The fraction of sp³-hybridized carbons (Fsp3) is 0.667. The Hall–Kier alpha value is -3.98. The van der Waals surface area contributed by atoms with E-state index in [1.165, 1.54) is 34.0 Å². The summed E-state index contributed by atoms with van der Waals surface area (Å²) >= 11 is 4.60. The first kappa shape index (κ1) is 43.4. The number of ketones is 1. The molecule has 294 valence electrons. The van der Waals surface area contributed by atoms with Gasteiger partial charge in [0.25, 0.3) is 0 Å². The number of methoxy groups -OCH3 is 1. The van der Waals surface area contributed by atoms with Crippen molar-refractivity contribution in [2.45, 2.75) is 121 Å². The van der Waals surface area contributed by atoms with E-state index in [2.05, 4.69) is 17.2 Å². The Bertz CT molecular complexity index is 1590. The number of isothiocyanates is 1. The zero-order valence-electron chi connectivity index (χ0n) is 30.0. The van der Waals surface area contributed by atoms with E-state index >= 15 is 0 Å². The number of ether oxygens (including phenoxy) is 7. The van der Waals surface area contributed by atoms with Crippen molar-refractivity contribution in [2.24, 2.45) is 10.9 Å². The first-order valence-electron chi connectivity index (χ1n) is 16.4. The summed E-state index contributed by atoms with van der Waals surface area (Å²) in [4.78, 5) is 66.0. The minimum Gasteiger partial charge on any atom is -0.508 e. The molecule has 0 radical (unpaired) electrons. The summed E-state index contributed by atoms with van der Waals surface area (Å²) in [5.74, 6) is -7.74. The molecule has 0 bridgehead atoms. The number of carbonyl (C=O) groups excluding carboxylic acids is 4. The Morgan fingerprint density at radius 1 is 1.17 bits per heavy atom. The van der Waals surface area contributed by atoms with Crippen molar-refractivity contribution in [2.75, 3.05) is 13.7 Å². The lowest BCUT2D eigenvalue weighted by atomic mass is 9.74. The molecular weight excluding hydrogens is 728 g/mol. The quantitative estimate of drug-likeness (QED) is 0.0475. The molecule has 2 fully saturated rings. The molecule has 11 unspecified atom stereocenters. The lowest BCUT2D eigenvalue weighted by Gasteiger charge is -2.52. The number of aliphatic imine (C=N–C) groups is 1. The Kier molecular flexibility index (Phi) is 14.3. The molecule has 0 saturated carbocycles. The van der Waals surface area contributed by atoms with Gasteiger partial charge in [0.05, 0.1) is 29.7 Å². The van der Waals surface area contributed by atoms with Crippen LogP contribution in [0.2, 0.25) is 0 Å². The molecule has 0 amide bonds. The second-order valence-corrected chi connectivity index (χ2v) is 13.1. The fourth-order valence-electron chi connectivity index (χ4n) is 6.31. The second kappa shape index (κ2) is 17.4. The van der Waals surface area contributed by atoms with Crippen molar-refractivity contribution < 1.29 is 82.7 Å². The monoisotopic (exact) mass is 772 g/mol. The van der Waals surface area contributed by atoms with Gasteiger partial charge in [-0.15, -0.1) is 0 Å². The number of nitrogens with one attached hydrogen (secondary N) is 1. The zero-order chi connectivity index (χ0) is 40.2. The van der Waals surface area contributed by atoms with E-state index in [1.54, 1.807) is 13.8 Å². The van der Waals surface area contributed by atoms with Crippen molar-refractivity contribution in [3.63, 3.8) is 0 Å². The number of allylic oxidation sites excluding steroid dienone is 1. The number of hydrogen-bond donors (Lipinski definition) is 6. The van der Waals surface area contributed by atoms with Crippen molar-refractivity contribution in [3.8, 4) is 0 Å². The first-order valence-corrected chi connectivity index (χ1v) is 16.8. The summed E-state index contributed by atoms with van der Waals surface area (Å²) in [5.41, 5.74) is -7.74. The van der Waals surface area contributed by atoms with Crippen LogP contribution in [0.5, 0.6) is 0 Å². The molecule has 53 heavy (non-hydrogen) atoms. The Balaban J connectivity index is 2.15. The van der Waals surface area contributed by atoms with Crippen LogP contribution in [0.15, 0.2) is 28.1 Å². The van der Waals surface area contributed by atoms with Gasteiger partial charge in [0.1, 0.15) is 54.2 Å². The SMILES string of the molecule is C/C=C(\N=C=S)C(=O)OC1C(COC(C)=O)OC(C2(O)CC(=O)C(=N)C(C(=O)O)=C2O)C(O)C1OC1CC(OC)C(O)(C(C)OC(=O)C(C)C)C(C)O1. The highest BCUT2D eigenvalue weighted by atomic mass is 32.1. The molecule has 20 heteroatoms. The minimum absolute atomic E-state index is 0.325. The molecular formula is C33H44N2O17S. The van der Waals surface area contributed by atoms with Crippen molar-refractivity contribution in [1.82, 2.24) is 0 Å². The van der Waals surface area contributed by atoms with Gasteiger partial charge in [-0.05, 0) is 33.0 Å². The number of hydrogen-bond acceptors (Lipinski definition) is 19. The molecule has 0 spiro atoms. The van der Waals surface area contributed by atoms with Crippen LogP contribution in [0.4, 0.5) is 0 Å². The molecule has 2 saturated heterocycles. The minimum atomic E-state index is -3.03. The van der Waals surface area contributed by atoms with Gasteiger partial charge in [0, 0.05) is 20.5 Å². The molecule has 3 rings (SSSR count). The molecule has 1 aliphatic carbocycles. The van der Waals surface area contributed by atoms with Gasteiger partial charge in [0.2, 0.25) is 0 Å². The average molecular weight is 773 g/mol. The number of carboxylic acid groups (broad SMARTS) is 1. The van der Waals surface area contributed by atoms with Gasteiger partial charge in [-0.25, -0.2) is 9.59 Å². The van der Waals surface area contributed by atoms with Crippen LogP contribution in [-0.4, -0.2) is 146 Å². The molecule has 6 N–H and O–H groups in total. The number of aliphatic carboxylic acids is 1. The summed E-state index contributed by atoms with van der Waals surface area (Å²) in [6.45, 7) is 7.77. The van der Waals surface area contributed by atoms with Gasteiger partial charge in [0.15, 0.2) is 35.1 Å². The molecule has 0 aromatic rings. The van der Waals surface area contributed by atoms with Gasteiger partial charge >= 0.3 is 23.9 Å². The maximum absolute atomic E-state index is 13.3. The number of rotatable bonds is 13. The molecule has 0 aromatic carbocycles. The lowest BCUT2D eigenvalue weighted by Crippen LogP contribution is -2.70. The highest BCUT2D eigenvalue weighted by molar-refractivity contribution is 7.78. The predicted octanol–water partition coefficient (Wildman–Crippen LogP) is 0.0705. The summed E-state index contributed by atoms with van der Waals surface area (Å²) < 4.78 is 39.9. The Morgan fingerprint density at radius 3 is 2.34 bits per heavy atom. The van der Waals surface area contributed by atoms with E-state index in [1.807, 2.05) is 5.16 Å². The van der Waals surface area contributed by atoms with Crippen LogP contribution >= 0.6 is 12.2 Å². The van der Waals surface area contributed by atoms with Crippen LogP contribution in [0.25, 0.3) is 0 Å². The number of thiocarbonyl (C=S) groups is 1. The molecule has 19 nitrogen and oxygen atoms in total. The number of esters is 3. The van der Waals surface area contributed by atoms with Crippen molar-refractivity contribution in [1.29, 1.82) is 5.41 Å². The highest BCUT2D eigenvalue weighted by Gasteiger charge is 2.62. The van der Waals surface area contributed by atoms with Gasteiger partial charge in [-0.1, -0.05) is 19.9 Å². The maximum atomic E-state index is 13.3. The van der Waals surface area contributed by atoms with E-state index in [4.69, 9.17) is 38.6 Å². The second-order valence-electron chi connectivity index (χ2n) is 13.0. The van der Waals surface area contributed by atoms with E-state index in [0.717, 1.165) is 6.92 Å². The predicted molar refractivity (Wildman–Crippen MR) is 180 cm³/mol. The smallest absolute Gasteiger partial charge is 0.357 e. The molecule has 2 heterocycles. The standard InChI is InChI=1S/C33H44N2O17S/c1-8-17(35-12-53)31(43)52-25-19(11-47-16(6)36)50-28(32(44)10-18(37)23(34)22(27(32)39)29(40)41)24(38)26(25)51-21-9-20(46-7)33(45,14(4)48-21)15(5)49-30(42)13(2)3/h8,13-15,19-21,24-26,28,34,38-39,44-45H,9-11H2,1-7H3,(H,40,41)/b17-8-,34-23?. The largest absolute Gasteiger partial charge is 0.508 e. The van der Waals surface area contributed by atoms with E-state index in [9.17, 15) is 49.5 Å². The number of nitrogens with zero attached hydrogens (tertiary/aromatic N) is 1. The Labute approximate surface area is 309 Å². The third kappa shape index (κ3) is 8.88. The van der Waals surface area contributed by atoms with Crippen LogP contribution in [0.1, 0.15) is 54.4 Å². The zero-order valence-corrected chi connectivity index (χ0v) is 30.8. The van der Waals surface area contributed by atoms with E-state index in [-0.39, 0.29) is 12.1 Å². The summed E-state index contributed by atoms with van der Waals surface area (Å²) in [5, 5.41) is 66.0. The number of carboxylic acids is 1. The molecule has 2 aliphatic heterocycles. The highest BCUT2D eigenvalue weighted by Crippen LogP contribution is 2.42. The van der Waals surface area contributed by atoms with Crippen molar-refractivity contribution >= 4 is 52.8 Å².